The van der Waals surface area contributed by atoms with Crippen LogP contribution in [0, 0.1) is 5.92 Å². The van der Waals surface area contributed by atoms with Crippen molar-refractivity contribution in [2.24, 2.45) is 10.9 Å². The second-order valence-electron chi connectivity index (χ2n) is 9.25. The Bertz CT molecular complexity index is 1500. The molecule has 2 aromatic carbocycles. The van der Waals surface area contributed by atoms with E-state index in [0.717, 1.165) is 11.1 Å². The molecule has 202 valence electrons. The van der Waals surface area contributed by atoms with Crippen LogP contribution < -0.4 is 19.5 Å². The molecule has 2 aliphatic heterocycles. The number of aliphatic hydroxyl groups is 1. The van der Waals surface area contributed by atoms with Crippen LogP contribution in [0.25, 0.3) is 0 Å². The number of allylic oxidation sites excluding steroid dienone is 1. The zero-order valence-corrected chi connectivity index (χ0v) is 22.0. The van der Waals surface area contributed by atoms with Gasteiger partial charge >= 0.3 is 6.03 Å². The number of methoxy groups -OCH3 is 2. The minimum atomic E-state index is -1.93. The van der Waals surface area contributed by atoms with E-state index in [9.17, 15) is 24.3 Å². The van der Waals surface area contributed by atoms with Crippen molar-refractivity contribution in [1.29, 1.82) is 0 Å². The molecule has 0 saturated carbocycles. The number of carbonyl (C=O) groups is 4. The Morgan fingerprint density at radius 3 is 2.64 bits per heavy atom. The van der Waals surface area contributed by atoms with Gasteiger partial charge in [-0.3, -0.25) is 24.3 Å². The molecule has 3 aliphatic rings. The highest BCUT2D eigenvalue weighted by atomic mass is 35.5. The van der Waals surface area contributed by atoms with E-state index in [1.807, 2.05) is 0 Å². The predicted octanol–water partition coefficient (Wildman–Crippen LogP) is 3.66. The van der Waals surface area contributed by atoms with Gasteiger partial charge in [0.2, 0.25) is 11.4 Å². The van der Waals surface area contributed by atoms with Crippen molar-refractivity contribution < 1.29 is 38.5 Å². The first-order chi connectivity index (χ1) is 18.6. The average Bonchev–Trinajstić information content (AvgIpc) is 3.49. The first-order valence-electron chi connectivity index (χ1n) is 12.0. The van der Waals surface area contributed by atoms with E-state index in [1.54, 1.807) is 25.1 Å². The molecule has 39 heavy (non-hydrogen) atoms. The maximum atomic E-state index is 13.8. The molecule has 2 heterocycles. The number of imide groups is 1. The normalized spacial score (nSPS) is 22.4. The number of aliphatic imine (C=N–C) groups is 1. The summed E-state index contributed by atoms with van der Waals surface area (Å²) >= 11 is 6.44. The largest absolute Gasteiger partial charge is 0.507 e. The first-order valence-corrected chi connectivity index (χ1v) is 12.4. The van der Waals surface area contributed by atoms with E-state index >= 15 is 0 Å². The van der Waals surface area contributed by atoms with E-state index in [0.29, 0.717) is 6.54 Å². The molecule has 2 N–H and O–H groups in total. The number of nitrogens with zero attached hydrogens (tertiary/aromatic N) is 2. The summed E-state index contributed by atoms with van der Waals surface area (Å²) in [5.74, 6) is -2.56. The molecular formula is C27H24ClN3O8. The Labute approximate surface area is 228 Å². The number of aliphatic hydroxyl groups excluding tert-OH is 1. The number of ether oxygens (including phenoxy) is 3. The van der Waals surface area contributed by atoms with Crippen LogP contribution >= 0.6 is 11.6 Å². The Hall–Kier alpha value is -4.38. The lowest BCUT2D eigenvalue weighted by Gasteiger charge is -2.36. The molecule has 1 spiro atoms. The number of halogens is 1. The van der Waals surface area contributed by atoms with E-state index in [2.05, 4.69) is 10.3 Å². The Kier molecular flexibility index (Phi) is 6.55. The van der Waals surface area contributed by atoms with Gasteiger partial charge in [0.1, 0.15) is 22.1 Å². The van der Waals surface area contributed by atoms with Crippen molar-refractivity contribution in [3.63, 3.8) is 0 Å². The molecule has 0 unspecified atom stereocenters. The fourth-order valence-corrected chi connectivity index (χ4v) is 5.26. The zero-order chi connectivity index (χ0) is 28.1. The molecule has 2 atom stereocenters. The maximum Gasteiger partial charge on any atom is 0.324 e. The lowest BCUT2D eigenvalue weighted by Crippen LogP contribution is -2.52. The zero-order valence-electron chi connectivity index (χ0n) is 21.2. The van der Waals surface area contributed by atoms with E-state index in [1.165, 1.54) is 26.4 Å². The SMILES string of the molecule is COc1cc(OC)c2c(c1Cl)O[C@]1(C2=O)C(O)=C(C=Nc2cccc(C(=O)N3CCNC3=O)c2)C(=O)C[C@H]1C. The van der Waals surface area contributed by atoms with Crippen LogP contribution in [0.15, 0.2) is 46.7 Å². The number of nitrogens with one attached hydrogen (secondary N) is 1. The molecule has 0 aromatic heterocycles. The molecule has 5 rings (SSSR count). The average molecular weight is 554 g/mol. The van der Waals surface area contributed by atoms with Gasteiger partial charge < -0.3 is 24.6 Å². The summed E-state index contributed by atoms with van der Waals surface area (Å²) in [5, 5.41) is 14.0. The molecule has 1 aliphatic carbocycles. The van der Waals surface area contributed by atoms with E-state index in [4.69, 9.17) is 25.8 Å². The topological polar surface area (TPSA) is 144 Å². The highest BCUT2D eigenvalue weighted by Crippen LogP contribution is 2.54. The van der Waals surface area contributed by atoms with E-state index < -0.39 is 40.8 Å². The van der Waals surface area contributed by atoms with Gasteiger partial charge in [-0.2, -0.15) is 0 Å². The van der Waals surface area contributed by atoms with Crippen molar-refractivity contribution in [2.75, 3.05) is 27.3 Å². The van der Waals surface area contributed by atoms with Gasteiger partial charge in [0.05, 0.1) is 25.5 Å². The van der Waals surface area contributed by atoms with Crippen molar-refractivity contribution in [2.45, 2.75) is 18.9 Å². The van der Waals surface area contributed by atoms with Crippen molar-refractivity contribution >= 4 is 47.0 Å². The minimum absolute atomic E-state index is 0.0148. The van der Waals surface area contributed by atoms with Crippen LogP contribution in [0.5, 0.6) is 17.2 Å². The summed E-state index contributed by atoms with van der Waals surface area (Å²) in [5.41, 5.74) is -1.60. The summed E-state index contributed by atoms with van der Waals surface area (Å²) in [7, 11) is 2.77. The minimum Gasteiger partial charge on any atom is -0.507 e. The summed E-state index contributed by atoms with van der Waals surface area (Å²) in [6.45, 7) is 2.23. The van der Waals surface area contributed by atoms with E-state index in [-0.39, 0.29) is 57.6 Å². The smallest absolute Gasteiger partial charge is 0.324 e. The van der Waals surface area contributed by atoms with Crippen LogP contribution in [-0.4, -0.2) is 72.6 Å². The monoisotopic (exact) mass is 553 g/mol. The van der Waals surface area contributed by atoms with Crippen LogP contribution in [0.3, 0.4) is 0 Å². The predicted molar refractivity (Wildman–Crippen MR) is 140 cm³/mol. The number of ketones is 2. The molecule has 2 aromatic rings. The standard InChI is InChI=1S/C27H24ClN3O8/c1-13-9-17(32)16(12-30-15-6-4-5-14(10-15)25(35)31-8-7-29-26(31)36)23(33)27(13)24(34)20-18(37-2)11-19(38-3)21(28)22(20)39-27/h4-6,10-13,33H,7-9H2,1-3H3,(H,29,36)/t13-,27+/m1/s1. The third-order valence-electron chi connectivity index (χ3n) is 7.05. The molecule has 12 heteroatoms. The Balaban J connectivity index is 1.53. The van der Waals surface area contributed by atoms with Crippen molar-refractivity contribution in [3.8, 4) is 17.2 Å². The maximum absolute atomic E-state index is 13.8. The number of fused-ring (bicyclic) bond motifs is 1. The Morgan fingerprint density at radius 2 is 1.97 bits per heavy atom. The number of amides is 3. The highest BCUT2D eigenvalue weighted by Gasteiger charge is 2.60. The van der Waals surface area contributed by atoms with Crippen LogP contribution in [0.1, 0.15) is 34.1 Å². The first kappa shape index (κ1) is 26.2. The number of Topliss-reactive ketones (excluding diaryl/α,β-unsaturated/α-hetero) is 2. The van der Waals surface area contributed by atoms with Gasteiger partial charge in [-0.15, -0.1) is 0 Å². The lowest BCUT2D eigenvalue weighted by atomic mass is 9.73. The number of rotatable bonds is 5. The van der Waals surface area contributed by atoms with Gasteiger partial charge in [-0.1, -0.05) is 24.6 Å². The van der Waals surface area contributed by atoms with Crippen LogP contribution in [0.4, 0.5) is 10.5 Å². The lowest BCUT2D eigenvalue weighted by molar-refractivity contribution is -0.118. The van der Waals surface area contributed by atoms with Gasteiger partial charge in [0.25, 0.3) is 5.91 Å². The van der Waals surface area contributed by atoms with Crippen molar-refractivity contribution in [1.82, 2.24) is 10.2 Å². The summed E-state index contributed by atoms with van der Waals surface area (Å²) in [4.78, 5) is 56.7. The van der Waals surface area contributed by atoms with Crippen molar-refractivity contribution in [3.05, 3.63) is 57.8 Å². The molecular weight excluding hydrogens is 530 g/mol. The molecule has 3 amide bonds. The number of benzene rings is 2. The Morgan fingerprint density at radius 1 is 1.23 bits per heavy atom. The van der Waals surface area contributed by atoms with Crippen LogP contribution in [-0.2, 0) is 4.79 Å². The number of hydrogen-bond acceptors (Lipinski definition) is 9. The van der Waals surface area contributed by atoms with Crippen LogP contribution in [0.2, 0.25) is 5.02 Å². The second kappa shape index (κ2) is 9.73. The van der Waals surface area contributed by atoms with Gasteiger partial charge in [-0.25, -0.2) is 4.79 Å². The molecule has 0 bridgehead atoms. The molecule has 1 saturated heterocycles. The van der Waals surface area contributed by atoms with Gasteiger partial charge in [0, 0.05) is 43.3 Å². The molecule has 0 radical (unpaired) electrons. The third-order valence-corrected chi connectivity index (χ3v) is 7.41. The number of carbonyl (C=O) groups excluding carboxylic acids is 4. The number of urea groups is 1. The summed E-state index contributed by atoms with van der Waals surface area (Å²) in [6.07, 6.45) is 1.02. The molecule has 1 fully saturated rings. The van der Waals surface area contributed by atoms with Gasteiger partial charge in [0.15, 0.2) is 17.3 Å². The highest BCUT2D eigenvalue weighted by molar-refractivity contribution is 6.35. The fourth-order valence-electron chi connectivity index (χ4n) is 4.99. The summed E-state index contributed by atoms with van der Waals surface area (Å²) < 4.78 is 16.7. The number of hydrogen-bond donors (Lipinski definition) is 2. The molecule has 11 nitrogen and oxygen atoms in total. The van der Waals surface area contributed by atoms with Gasteiger partial charge in [-0.05, 0) is 18.2 Å². The third kappa shape index (κ3) is 4.00. The fraction of sp³-hybridized carbons (Fsp3) is 0.296. The quantitative estimate of drug-likeness (QED) is 0.534. The second-order valence-corrected chi connectivity index (χ2v) is 9.63. The summed E-state index contributed by atoms with van der Waals surface area (Å²) in [6, 6.07) is 7.13.